The fourth-order valence-corrected chi connectivity index (χ4v) is 3.22. The molecule has 1 fully saturated rings. The summed E-state index contributed by atoms with van der Waals surface area (Å²) in [6.07, 6.45) is 7.18. The van der Waals surface area contributed by atoms with Crippen LogP contribution in [0.2, 0.25) is 0 Å². The molecule has 2 amide bonds. The van der Waals surface area contributed by atoms with Crippen molar-refractivity contribution in [3.63, 3.8) is 0 Å². The van der Waals surface area contributed by atoms with Crippen LogP contribution in [0.4, 0.5) is 14.9 Å². The van der Waals surface area contributed by atoms with Gasteiger partial charge in [-0.1, -0.05) is 25.0 Å². The molecule has 120 valence electrons. The summed E-state index contributed by atoms with van der Waals surface area (Å²) < 4.78 is 13.2. The van der Waals surface area contributed by atoms with Crippen molar-refractivity contribution in [2.45, 2.75) is 38.1 Å². The van der Waals surface area contributed by atoms with Crippen LogP contribution in [0, 0.1) is 12.7 Å². The number of nitrogens with zero attached hydrogens (tertiary/aromatic N) is 1. The van der Waals surface area contributed by atoms with E-state index in [1.165, 1.54) is 12.1 Å². The Hall–Kier alpha value is -2.43. The quantitative estimate of drug-likeness (QED) is 0.895. The normalized spacial score (nSPS) is 16.1. The molecule has 1 aromatic heterocycles. The molecule has 0 unspecified atom stereocenters. The molecule has 1 heterocycles. The molecule has 0 atom stereocenters. The molecule has 4 nitrogen and oxygen atoms in total. The molecular weight excluding hydrogens is 293 g/mol. The Bertz CT molecular complexity index is 694. The van der Waals surface area contributed by atoms with Gasteiger partial charge in [0.15, 0.2) is 0 Å². The minimum Gasteiger partial charge on any atom is -0.328 e. The fourth-order valence-electron chi connectivity index (χ4n) is 3.22. The summed E-state index contributed by atoms with van der Waals surface area (Å²) >= 11 is 0. The van der Waals surface area contributed by atoms with E-state index in [-0.39, 0.29) is 11.8 Å². The van der Waals surface area contributed by atoms with E-state index < -0.39 is 5.54 Å². The Labute approximate surface area is 135 Å². The maximum atomic E-state index is 13.2. The molecule has 0 bridgehead atoms. The van der Waals surface area contributed by atoms with Gasteiger partial charge in [-0.25, -0.2) is 9.18 Å². The number of anilines is 1. The highest BCUT2D eigenvalue weighted by atomic mass is 19.1. The van der Waals surface area contributed by atoms with E-state index in [0.717, 1.165) is 42.5 Å². The Morgan fingerprint density at radius 3 is 2.52 bits per heavy atom. The number of benzene rings is 1. The molecule has 1 aliphatic rings. The number of aromatic nitrogens is 1. The van der Waals surface area contributed by atoms with Gasteiger partial charge >= 0.3 is 6.03 Å². The number of carbonyl (C=O) groups is 1. The van der Waals surface area contributed by atoms with E-state index in [1.807, 2.05) is 6.92 Å². The highest BCUT2D eigenvalue weighted by Gasteiger charge is 2.37. The number of carbonyl (C=O) groups excluding carboxylic acids is 1. The molecule has 0 aliphatic heterocycles. The predicted octanol–water partition coefficient (Wildman–Crippen LogP) is 4.12. The largest absolute Gasteiger partial charge is 0.328 e. The third-order valence-electron chi connectivity index (χ3n) is 4.48. The second-order valence-electron chi connectivity index (χ2n) is 6.07. The number of hydrogen-bond acceptors (Lipinski definition) is 2. The lowest BCUT2D eigenvalue weighted by Crippen LogP contribution is -2.45. The summed E-state index contributed by atoms with van der Waals surface area (Å²) in [4.78, 5) is 16.5. The van der Waals surface area contributed by atoms with E-state index in [4.69, 9.17) is 0 Å². The van der Waals surface area contributed by atoms with Gasteiger partial charge in [0.05, 0.1) is 5.54 Å². The van der Waals surface area contributed by atoms with Crippen molar-refractivity contribution in [3.05, 3.63) is 59.7 Å². The number of nitrogens with one attached hydrogen (secondary N) is 2. The number of urea groups is 1. The van der Waals surface area contributed by atoms with E-state index in [9.17, 15) is 9.18 Å². The third-order valence-corrected chi connectivity index (χ3v) is 4.48. The Balaban J connectivity index is 1.78. The van der Waals surface area contributed by atoms with Crippen molar-refractivity contribution in [1.29, 1.82) is 0 Å². The molecular formula is C18H20FN3O. The van der Waals surface area contributed by atoms with Gasteiger partial charge < -0.3 is 10.6 Å². The minimum atomic E-state index is -0.418. The van der Waals surface area contributed by atoms with Crippen molar-refractivity contribution < 1.29 is 9.18 Å². The van der Waals surface area contributed by atoms with Crippen molar-refractivity contribution in [2.24, 2.45) is 0 Å². The van der Waals surface area contributed by atoms with Crippen LogP contribution >= 0.6 is 0 Å². The smallest absolute Gasteiger partial charge is 0.319 e. The number of hydrogen-bond donors (Lipinski definition) is 2. The first kappa shape index (κ1) is 15.5. The van der Waals surface area contributed by atoms with E-state index in [1.54, 1.807) is 30.6 Å². The molecule has 23 heavy (non-hydrogen) atoms. The zero-order chi connectivity index (χ0) is 16.3. The number of rotatable bonds is 3. The molecule has 2 N–H and O–H groups in total. The average molecular weight is 313 g/mol. The van der Waals surface area contributed by atoms with Gasteiger partial charge in [0.2, 0.25) is 0 Å². The summed E-state index contributed by atoms with van der Waals surface area (Å²) in [6, 6.07) is 7.94. The van der Waals surface area contributed by atoms with Crippen LogP contribution in [0.25, 0.3) is 0 Å². The topological polar surface area (TPSA) is 54.0 Å². The molecule has 0 radical (unpaired) electrons. The first-order valence-electron chi connectivity index (χ1n) is 7.85. The highest BCUT2D eigenvalue weighted by Crippen LogP contribution is 2.38. The number of aryl methyl sites for hydroxylation is 1. The van der Waals surface area contributed by atoms with Crippen molar-refractivity contribution in [2.75, 3.05) is 5.32 Å². The van der Waals surface area contributed by atoms with Gasteiger partial charge in [-0.15, -0.1) is 0 Å². The Morgan fingerprint density at radius 2 is 1.87 bits per heavy atom. The highest BCUT2D eigenvalue weighted by molar-refractivity contribution is 5.90. The van der Waals surface area contributed by atoms with Gasteiger partial charge in [0.25, 0.3) is 0 Å². The first-order valence-corrected chi connectivity index (χ1v) is 7.85. The van der Waals surface area contributed by atoms with Gasteiger partial charge in [0, 0.05) is 18.1 Å². The lowest BCUT2D eigenvalue weighted by molar-refractivity contribution is 0.236. The average Bonchev–Trinajstić information content (AvgIpc) is 3.00. The molecule has 0 saturated heterocycles. The lowest BCUT2D eigenvalue weighted by Gasteiger charge is -2.31. The van der Waals surface area contributed by atoms with Crippen LogP contribution in [-0.2, 0) is 5.54 Å². The summed E-state index contributed by atoms with van der Waals surface area (Å²) in [7, 11) is 0. The second kappa shape index (κ2) is 6.36. The van der Waals surface area contributed by atoms with Gasteiger partial charge in [-0.2, -0.15) is 0 Å². The van der Waals surface area contributed by atoms with Crippen LogP contribution in [-0.4, -0.2) is 11.0 Å². The molecule has 5 heteroatoms. The maximum absolute atomic E-state index is 13.2. The van der Waals surface area contributed by atoms with Crippen LogP contribution in [0.5, 0.6) is 0 Å². The lowest BCUT2D eigenvalue weighted by atomic mass is 9.88. The van der Waals surface area contributed by atoms with Crippen LogP contribution in [0.15, 0.2) is 42.7 Å². The van der Waals surface area contributed by atoms with Crippen molar-refractivity contribution >= 4 is 11.7 Å². The summed E-state index contributed by atoms with van der Waals surface area (Å²) in [6.45, 7) is 1.90. The summed E-state index contributed by atoms with van der Waals surface area (Å²) in [5, 5.41) is 5.99. The van der Waals surface area contributed by atoms with Gasteiger partial charge in [-0.05, 0) is 49.1 Å². The third kappa shape index (κ3) is 3.33. The molecule has 1 saturated carbocycles. The van der Waals surface area contributed by atoms with Crippen LogP contribution in [0.3, 0.4) is 0 Å². The summed E-state index contributed by atoms with van der Waals surface area (Å²) in [5.74, 6) is -0.265. The molecule has 3 rings (SSSR count). The molecule has 2 aromatic rings. The van der Waals surface area contributed by atoms with Crippen molar-refractivity contribution in [3.8, 4) is 0 Å². The maximum Gasteiger partial charge on any atom is 0.319 e. The number of pyridine rings is 1. The van der Waals surface area contributed by atoms with Crippen LogP contribution < -0.4 is 10.6 Å². The van der Waals surface area contributed by atoms with E-state index in [0.29, 0.717) is 0 Å². The predicted molar refractivity (Wildman–Crippen MR) is 87.7 cm³/mol. The molecule has 1 aliphatic carbocycles. The fraction of sp³-hybridized carbons (Fsp3) is 0.333. The Morgan fingerprint density at radius 1 is 1.17 bits per heavy atom. The number of amides is 2. The van der Waals surface area contributed by atoms with E-state index >= 15 is 0 Å². The van der Waals surface area contributed by atoms with Crippen LogP contribution in [0.1, 0.15) is 36.8 Å². The molecule has 1 aromatic carbocycles. The molecule has 0 spiro atoms. The number of halogens is 1. The summed E-state index contributed by atoms with van der Waals surface area (Å²) in [5.41, 5.74) is 2.19. The van der Waals surface area contributed by atoms with Gasteiger partial charge in [0.1, 0.15) is 5.82 Å². The zero-order valence-electron chi connectivity index (χ0n) is 13.1. The Kier molecular flexibility index (Phi) is 4.28. The first-order chi connectivity index (χ1) is 11.1. The van der Waals surface area contributed by atoms with Gasteiger partial charge in [-0.3, -0.25) is 4.98 Å². The monoisotopic (exact) mass is 313 g/mol. The second-order valence-corrected chi connectivity index (χ2v) is 6.07. The van der Waals surface area contributed by atoms with E-state index in [2.05, 4.69) is 15.6 Å². The SMILES string of the molecule is Cc1cnccc1NC(=O)NC1(c2ccc(F)cc2)CCCC1. The minimum absolute atomic E-state index is 0.245. The standard InChI is InChI=1S/C18H20FN3O/c1-13-12-20-11-8-16(13)21-17(23)22-18(9-2-3-10-18)14-4-6-15(19)7-5-14/h4-8,11-12H,2-3,9-10H2,1H3,(H2,20,21,22,23). The zero-order valence-corrected chi connectivity index (χ0v) is 13.1. The van der Waals surface area contributed by atoms with Crippen molar-refractivity contribution in [1.82, 2.24) is 10.3 Å².